The van der Waals surface area contributed by atoms with E-state index in [-0.39, 0.29) is 0 Å². The molecule has 1 aliphatic carbocycles. The molecule has 1 fully saturated rings. The van der Waals surface area contributed by atoms with Crippen LogP contribution >= 0.6 is 11.8 Å². The quantitative estimate of drug-likeness (QED) is 0.591. The lowest BCUT2D eigenvalue weighted by Gasteiger charge is -2.27. The van der Waals surface area contributed by atoms with E-state index in [1.807, 2.05) is 11.8 Å². The Balaban J connectivity index is 2.97. The van der Waals surface area contributed by atoms with Crippen LogP contribution in [0.1, 0.15) is 40.5 Å². The van der Waals surface area contributed by atoms with E-state index in [9.17, 15) is 0 Å². The second-order valence-electron chi connectivity index (χ2n) is 5.03. The first-order valence-corrected chi connectivity index (χ1v) is 5.93. The van der Waals surface area contributed by atoms with E-state index in [0.29, 0.717) is 10.8 Å². The van der Waals surface area contributed by atoms with Crippen LogP contribution in [0.25, 0.3) is 0 Å². The van der Waals surface area contributed by atoms with Gasteiger partial charge in [-0.2, -0.15) is 0 Å². The molecule has 0 saturated heterocycles. The fourth-order valence-electron chi connectivity index (χ4n) is 2.25. The van der Waals surface area contributed by atoms with Crippen molar-refractivity contribution in [2.75, 3.05) is 6.26 Å². The van der Waals surface area contributed by atoms with Gasteiger partial charge in [-0.15, -0.1) is 11.8 Å². The minimum Gasteiger partial charge on any atom is -0.138 e. The topological polar surface area (TPSA) is 0 Å². The van der Waals surface area contributed by atoms with Crippen molar-refractivity contribution >= 4 is 11.8 Å². The normalized spacial score (nSPS) is 25.9. The van der Waals surface area contributed by atoms with Gasteiger partial charge in [0.15, 0.2) is 0 Å². The molecule has 1 heteroatoms. The van der Waals surface area contributed by atoms with Crippen molar-refractivity contribution < 1.29 is 0 Å². The van der Waals surface area contributed by atoms with Crippen LogP contribution in [0.5, 0.6) is 0 Å². The van der Waals surface area contributed by atoms with Gasteiger partial charge in [0.25, 0.3) is 0 Å². The Bertz CT molecular complexity index is 181. The zero-order valence-corrected chi connectivity index (χ0v) is 9.72. The maximum Gasteiger partial charge on any atom is -0.0131 e. The average Bonchev–Trinajstić information content (AvgIpc) is 2.13. The first kappa shape index (κ1) is 10.2. The standard InChI is InChI=1S/C11H20S/c1-10(2)6-7-11(3,4)9(10)8-12-5/h8H,6-7H2,1-5H3. The number of hydrogen-bond donors (Lipinski definition) is 0. The molecule has 0 aromatic rings. The summed E-state index contributed by atoms with van der Waals surface area (Å²) in [6, 6.07) is 0. The molecule has 0 aromatic carbocycles. The van der Waals surface area contributed by atoms with Gasteiger partial charge in [0.1, 0.15) is 0 Å². The molecule has 1 aliphatic rings. The molecule has 12 heavy (non-hydrogen) atoms. The van der Waals surface area contributed by atoms with Gasteiger partial charge in [0.2, 0.25) is 0 Å². The molecule has 0 nitrogen and oxygen atoms in total. The molecule has 0 aromatic heterocycles. The van der Waals surface area contributed by atoms with Crippen molar-refractivity contribution in [2.24, 2.45) is 10.8 Å². The largest absolute Gasteiger partial charge is 0.138 e. The molecule has 0 heterocycles. The molecule has 0 bridgehead atoms. The highest BCUT2D eigenvalue weighted by Crippen LogP contribution is 2.53. The second kappa shape index (κ2) is 3.10. The summed E-state index contributed by atoms with van der Waals surface area (Å²) < 4.78 is 0. The summed E-state index contributed by atoms with van der Waals surface area (Å²) in [5, 5.41) is 2.35. The third-order valence-corrected chi connectivity index (χ3v) is 3.54. The van der Waals surface area contributed by atoms with Gasteiger partial charge >= 0.3 is 0 Å². The van der Waals surface area contributed by atoms with Gasteiger partial charge in [-0.25, -0.2) is 0 Å². The highest BCUT2D eigenvalue weighted by Gasteiger charge is 2.41. The van der Waals surface area contributed by atoms with E-state index in [4.69, 9.17) is 0 Å². The molecule has 0 atom stereocenters. The van der Waals surface area contributed by atoms with Crippen LogP contribution in [0, 0.1) is 10.8 Å². The van der Waals surface area contributed by atoms with Crippen molar-refractivity contribution in [1.82, 2.24) is 0 Å². The summed E-state index contributed by atoms with van der Waals surface area (Å²) in [6.45, 7) is 9.46. The molecule has 0 spiro atoms. The van der Waals surface area contributed by atoms with Crippen LogP contribution in [-0.2, 0) is 0 Å². The Kier molecular flexibility index (Phi) is 2.63. The lowest BCUT2D eigenvalue weighted by molar-refractivity contribution is 0.446. The summed E-state index contributed by atoms with van der Waals surface area (Å²) in [5.41, 5.74) is 2.52. The summed E-state index contributed by atoms with van der Waals surface area (Å²) in [4.78, 5) is 0. The third-order valence-electron chi connectivity index (χ3n) is 3.07. The van der Waals surface area contributed by atoms with Crippen molar-refractivity contribution in [2.45, 2.75) is 40.5 Å². The Labute approximate surface area is 80.8 Å². The lowest BCUT2D eigenvalue weighted by atomic mass is 9.79. The van der Waals surface area contributed by atoms with Crippen LogP contribution in [0.4, 0.5) is 0 Å². The zero-order valence-electron chi connectivity index (χ0n) is 8.90. The molecule has 0 N–H and O–H groups in total. The van der Waals surface area contributed by atoms with Crippen LogP contribution < -0.4 is 0 Å². The van der Waals surface area contributed by atoms with E-state index >= 15 is 0 Å². The second-order valence-corrected chi connectivity index (χ2v) is 5.74. The number of allylic oxidation sites excluding steroid dienone is 1. The van der Waals surface area contributed by atoms with E-state index in [1.165, 1.54) is 12.8 Å². The molecule has 0 radical (unpaired) electrons. The Morgan fingerprint density at radius 1 is 1.08 bits per heavy atom. The fraction of sp³-hybridized carbons (Fsp3) is 0.818. The molecule has 0 amide bonds. The molecule has 1 rings (SSSR count). The average molecular weight is 184 g/mol. The maximum absolute atomic E-state index is 2.36. The van der Waals surface area contributed by atoms with Gasteiger partial charge < -0.3 is 0 Å². The van der Waals surface area contributed by atoms with E-state index < -0.39 is 0 Å². The lowest BCUT2D eigenvalue weighted by Crippen LogP contribution is -2.15. The highest BCUT2D eigenvalue weighted by molar-refractivity contribution is 8.01. The molecule has 1 saturated carbocycles. The summed E-state index contributed by atoms with van der Waals surface area (Å²) in [6.07, 6.45) is 4.83. The monoisotopic (exact) mass is 184 g/mol. The summed E-state index contributed by atoms with van der Waals surface area (Å²) >= 11 is 1.84. The van der Waals surface area contributed by atoms with Gasteiger partial charge in [0.05, 0.1) is 0 Å². The molecular formula is C11H20S. The number of thioether (sulfide) groups is 1. The van der Waals surface area contributed by atoms with Crippen molar-refractivity contribution in [3.05, 3.63) is 11.0 Å². The van der Waals surface area contributed by atoms with Crippen molar-refractivity contribution in [3.8, 4) is 0 Å². The molecule has 0 aliphatic heterocycles. The molecule has 0 unspecified atom stereocenters. The van der Waals surface area contributed by atoms with E-state index in [2.05, 4.69) is 39.4 Å². The SMILES string of the molecule is CSC=C1C(C)(C)CCC1(C)C. The third kappa shape index (κ3) is 1.71. The maximum atomic E-state index is 2.36. The van der Waals surface area contributed by atoms with Crippen LogP contribution in [-0.4, -0.2) is 6.26 Å². The fourth-order valence-corrected chi connectivity index (χ4v) is 3.12. The van der Waals surface area contributed by atoms with Crippen molar-refractivity contribution in [3.63, 3.8) is 0 Å². The predicted octanol–water partition coefficient (Wildman–Crippen LogP) is 4.08. The van der Waals surface area contributed by atoms with Gasteiger partial charge in [-0.05, 0) is 35.3 Å². The summed E-state index contributed by atoms with van der Waals surface area (Å²) in [7, 11) is 0. The Morgan fingerprint density at radius 3 is 1.83 bits per heavy atom. The van der Waals surface area contributed by atoms with Crippen LogP contribution in [0.3, 0.4) is 0 Å². The molecular weight excluding hydrogens is 164 g/mol. The van der Waals surface area contributed by atoms with Gasteiger partial charge in [-0.1, -0.05) is 33.3 Å². The number of rotatable bonds is 1. The first-order chi connectivity index (χ1) is 5.40. The highest BCUT2D eigenvalue weighted by atomic mass is 32.2. The van der Waals surface area contributed by atoms with E-state index in [0.717, 1.165) is 0 Å². The summed E-state index contributed by atoms with van der Waals surface area (Å²) in [5.74, 6) is 0. The minimum atomic E-state index is 0.437. The van der Waals surface area contributed by atoms with Crippen LogP contribution in [0.2, 0.25) is 0 Å². The molecule has 70 valence electrons. The zero-order chi connectivity index (χ0) is 9.41. The Hall–Kier alpha value is 0.0900. The van der Waals surface area contributed by atoms with Crippen molar-refractivity contribution in [1.29, 1.82) is 0 Å². The van der Waals surface area contributed by atoms with Gasteiger partial charge in [-0.3, -0.25) is 0 Å². The smallest absolute Gasteiger partial charge is 0.0131 e. The number of hydrogen-bond acceptors (Lipinski definition) is 1. The first-order valence-electron chi connectivity index (χ1n) is 4.64. The predicted molar refractivity (Wildman–Crippen MR) is 58.4 cm³/mol. The minimum absolute atomic E-state index is 0.437. The van der Waals surface area contributed by atoms with Gasteiger partial charge in [0, 0.05) is 0 Å². The van der Waals surface area contributed by atoms with E-state index in [1.54, 1.807) is 5.57 Å². The van der Waals surface area contributed by atoms with Crippen LogP contribution in [0.15, 0.2) is 11.0 Å². The Morgan fingerprint density at radius 2 is 1.50 bits per heavy atom.